The van der Waals surface area contributed by atoms with Crippen LogP contribution in [0.2, 0.25) is 0 Å². The van der Waals surface area contributed by atoms with Crippen LogP contribution in [-0.4, -0.2) is 39.8 Å². The number of amides is 2. The van der Waals surface area contributed by atoms with Crippen molar-refractivity contribution in [2.24, 2.45) is 5.92 Å². The molecular weight excluding hydrogens is 404 g/mol. The molecule has 0 aliphatic carbocycles. The first-order valence-electron chi connectivity index (χ1n) is 10.5. The van der Waals surface area contributed by atoms with Gasteiger partial charge in [-0.15, -0.1) is 0 Å². The molecule has 162 valence electrons. The molecule has 2 aromatic carbocycles. The molecule has 1 aromatic heterocycles. The van der Waals surface area contributed by atoms with E-state index in [1.807, 2.05) is 48.5 Å². The first-order valence-corrected chi connectivity index (χ1v) is 10.5. The fourth-order valence-electron chi connectivity index (χ4n) is 3.54. The van der Waals surface area contributed by atoms with Gasteiger partial charge in [0.05, 0.1) is 6.20 Å². The highest BCUT2D eigenvalue weighted by atomic mass is 16.5. The Hall–Kier alpha value is -4.00. The van der Waals surface area contributed by atoms with E-state index in [0.717, 1.165) is 5.56 Å². The molecule has 2 amide bonds. The van der Waals surface area contributed by atoms with Gasteiger partial charge < -0.3 is 15.0 Å². The zero-order valence-corrected chi connectivity index (χ0v) is 17.6. The summed E-state index contributed by atoms with van der Waals surface area (Å²) < 4.78 is 5.67. The third-order valence-electron chi connectivity index (χ3n) is 5.26. The summed E-state index contributed by atoms with van der Waals surface area (Å²) in [5, 5.41) is 2.96. The highest BCUT2D eigenvalue weighted by Crippen LogP contribution is 2.24. The van der Waals surface area contributed by atoms with Crippen LogP contribution in [0.5, 0.6) is 11.6 Å². The Balaban J connectivity index is 1.28. The minimum Gasteiger partial charge on any atom is -0.437 e. The number of rotatable bonds is 6. The second kappa shape index (κ2) is 10.3. The maximum Gasteiger partial charge on any atom is 0.246 e. The van der Waals surface area contributed by atoms with Gasteiger partial charge in [0.1, 0.15) is 5.75 Å². The van der Waals surface area contributed by atoms with E-state index in [4.69, 9.17) is 4.74 Å². The lowest BCUT2D eigenvalue weighted by molar-refractivity contribution is -0.130. The molecule has 1 saturated heterocycles. The molecule has 1 fully saturated rings. The van der Waals surface area contributed by atoms with Crippen molar-refractivity contribution in [2.45, 2.75) is 12.8 Å². The van der Waals surface area contributed by atoms with Gasteiger partial charge in [-0.05, 0) is 36.6 Å². The first kappa shape index (κ1) is 21.2. The van der Waals surface area contributed by atoms with Gasteiger partial charge in [0.25, 0.3) is 0 Å². The zero-order chi connectivity index (χ0) is 22.2. The van der Waals surface area contributed by atoms with E-state index in [9.17, 15) is 9.59 Å². The predicted octanol–water partition coefficient (Wildman–Crippen LogP) is 4.16. The van der Waals surface area contributed by atoms with E-state index in [1.54, 1.807) is 35.5 Å². The fourth-order valence-corrected chi connectivity index (χ4v) is 3.54. The smallest absolute Gasteiger partial charge is 0.246 e. The highest BCUT2D eigenvalue weighted by molar-refractivity contribution is 5.94. The summed E-state index contributed by atoms with van der Waals surface area (Å²) in [6.07, 6.45) is 9.32. The minimum absolute atomic E-state index is 0.0263. The Morgan fingerprint density at radius 3 is 2.59 bits per heavy atom. The van der Waals surface area contributed by atoms with Crippen molar-refractivity contribution in [3.8, 4) is 11.6 Å². The van der Waals surface area contributed by atoms with Crippen LogP contribution in [0.15, 0.2) is 79.3 Å². The number of ether oxygens (including phenoxy) is 1. The average molecular weight is 428 g/mol. The van der Waals surface area contributed by atoms with Crippen molar-refractivity contribution in [1.82, 2.24) is 14.9 Å². The Bertz CT molecular complexity index is 1080. The summed E-state index contributed by atoms with van der Waals surface area (Å²) in [6, 6.07) is 16.9. The molecule has 0 bridgehead atoms. The van der Waals surface area contributed by atoms with Gasteiger partial charge in [-0.2, -0.15) is 0 Å². The van der Waals surface area contributed by atoms with Gasteiger partial charge in [0, 0.05) is 49.2 Å². The van der Waals surface area contributed by atoms with E-state index in [1.165, 1.54) is 6.20 Å². The summed E-state index contributed by atoms with van der Waals surface area (Å²) in [5.41, 5.74) is 1.64. The van der Waals surface area contributed by atoms with Gasteiger partial charge in [-0.1, -0.05) is 36.4 Å². The van der Waals surface area contributed by atoms with Gasteiger partial charge >= 0.3 is 0 Å². The van der Waals surface area contributed by atoms with E-state index in [-0.39, 0.29) is 17.7 Å². The number of carbonyl (C=O) groups excluding carboxylic acids is 2. The molecule has 7 heteroatoms. The van der Waals surface area contributed by atoms with Gasteiger partial charge in [0.15, 0.2) is 0 Å². The van der Waals surface area contributed by atoms with E-state index in [0.29, 0.717) is 43.2 Å². The molecule has 2 heterocycles. The summed E-state index contributed by atoms with van der Waals surface area (Å²) in [5.74, 6) is 0.736. The van der Waals surface area contributed by atoms with Crippen molar-refractivity contribution >= 4 is 23.6 Å². The monoisotopic (exact) mass is 428 g/mol. The second-order valence-corrected chi connectivity index (χ2v) is 7.51. The Morgan fingerprint density at radius 1 is 1.03 bits per heavy atom. The summed E-state index contributed by atoms with van der Waals surface area (Å²) in [7, 11) is 0. The van der Waals surface area contributed by atoms with Crippen LogP contribution < -0.4 is 10.1 Å². The summed E-state index contributed by atoms with van der Waals surface area (Å²) in [6.45, 7) is 1.12. The van der Waals surface area contributed by atoms with Crippen molar-refractivity contribution in [3.05, 3.63) is 84.8 Å². The third kappa shape index (κ3) is 5.78. The third-order valence-corrected chi connectivity index (χ3v) is 5.26. The summed E-state index contributed by atoms with van der Waals surface area (Å²) in [4.78, 5) is 35.0. The molecule has 0 spiro atoms. The van der Waals surface area contributed by atoms with Gasteiger partial charge in [-0.3, -0.25) is 14.6 Å². The second-order valence-electron chi connectivity index (χ2n) is 7.51. The van der Waals surface area contributed by atoms with Crippen LogP contribution >= 0.6 is 0 Å². The van der Waals surface area contributed by atoms with Crippen molar-refractivity contribution < 1.29 is 14.3 Å². The predicted molar refractivity (Wildman–Crippen MR) is 122 cm³/mol. The first-order chi connectivity index (χ1) is 15.7. The maximum absolute atomic E-state index is 12.7. The lowest BCUT2D eigenvalue weighted by Crippen LogP contribution is -2.40. The van der Waals surface area contributed by atoms with Gasteiger partial charge in [0.2, 0.25) is 17.7 Å². The molecule has 0 atom stereocenters. The normalized spacial score (nSPS) is 14.3. The summed E-state index contributed by atoms with van der Waals surface area (Å²) >= 11 is 0. The molecule has 0 radical (unpaired) electrons. The molecule has 32 heavy (non-hydrogen) atoms. The minimum atomic E-state index is -0.137. The lowest BCUT2D eigenvalue weighted by Gasteiger charge is -2.30. The van der Waals surface area contributed by atoms with Crippen LogP contribution in [0.1, 0.15) is 18.4 Å². The quantitative estimate of drug-likeness (QED) is 0.596. The van der Waals surface area contributed by atoms with Crippen molar-refractivity contribution in [2.75, 3.05) is 18.4 Å². The lowest BCUT2D eigenvalue weighted by atomic mass is 9.95. The van der Waals surface area contributed by atoms with E-state index >= 15 is 0 Å². The number of aromatic nitrogens is 2. The molecular formula is C25H24N4O3. The Labute approximate surface area is 186 Å². The number of hydrogen-bond donors (Lipinski definition) is 1. The van der Waals surface area contributed by atoms with Crippen LogP contribution in [0.3, 0.4) is 0 Å². The molecule has 0 unspecified atom stereocenters. The van der Waals surface area contributed by atoms with E-state index in [2.05, 4.69) is 15.3 Å². The van der Waals surface area contributed by atoms with Crippen LogP contribution in [-0.2, 0) is 9.59 Å². The molecule has 3 aromatic rings. The standard InChI is InChI=1S/C25H24N4O3/c30-24(10-9-19-5-2-1-3-6-19)29-15-11-20(12-16-29)25(31)28-21-7-4-8-22(17-21)32-23-18-26-13-14-27-23/h1-10,13-14,17-18,20H,11-12,15-16H2,(H,28,31)/b10-9+. The molecule has 7 nitrogen and oxygen atoms in total. The van der Waals surface area contributed by atoms with Gasteiger partial charge in [-0.25, -0.2) is 4.98 Å². The fraction of sp³-hybridized carbons (Fsp3) is 0.200. The van der Waals surface area contributed by atoms with Crippen molar-refractivity contribution in [1.29, 1.82) is 0 Å². The number of nitrogens with zero attached hydrogens (tertiary/aromatic N) is 3. The van der Waals surface area contributed by atoms with E-state index < -0.39 is 0 Å². The zero-order valence-electron chi connectivity index (χ0n) is 17.6. The molecule has 0 saturated carbocycles. The Kier molecular flexibility index (Phi) is 6.87. The largest absolute Gasteiger partial charge is 0.437 e. The van der Waals surface area contributed by atoms with Crippen LogP contribution in [0.25, 0.3) is 6.08 Å². The Morgan fingerprint density at radius 2 is 1.84 bits per heavy atom. The van der Waals surface area contributed by atoms with Crippen LogP contribution in [0.4, 0.5) is 5.69 Å². The molecule has 1 aliphatic heterocycles. The SMILES string of the molecule is O=C(Nc1cccc(Oc2cnccn2)c1)C1CCN(C(=O)/C=C/c2ccccc2)CC1. The number of likely N-dealkylation sites (tertiary alicyclic amines) is 1. The topological polar surface area (TPSA) is 84.4 Å². The number of hydrogen-bond acceptors (Lipinski definition) is 5. The molecule has 1 N–H and O–H groups in total. The number of nitrogens with one attached hydrogen (secondary N) is 1. The molecule has 4 rings (SSSR count). The number of anilines is 1. The number of carbonyl (C=O) groups is 2. The average Bonchev–Trinajstić information content (AvgIpc) is 2.84. The molecule has 1 aliphatic rings. The number of piperidine rings is 1. The highest BCUT2D eigenvalue weighted by Gasteiger charge is 2.26. The van der Waals surface area contributed by atoms with Crippen molar-refractivity contribution in [3.63, 3.8) is 0 Å². The van der Waals surface area contributed by atoms with Crippen LogP contribution in [0, 0.1) is 5.92 Å². The number of benzene rings is 2. The maximum atomic E-state index is 12.7.